The highest BCUT2D eigenvalue weighted by atomic mass is 79.9. The largest absolute Gasteiger partial charge is 0.394 e. The minimum Gasteiger partial charge on any atom is -0.394 e. The van der Waals surface area contributed by atoms with Crippen LogP contribution in [0.25, 0.3) is 0 Å². The lowest BCUT2D eigenvalue weighted by atomic mass is 10.1. The zero-order valence-corrected chi connectivity index (χ0v) is 13.6. The van der Waals surface area contributed by atoms with E-state index >= 15 is 0 Å². The van der Waals surface area contributed by atoms with Crippen LogP contribution in [0.15, 0.2) is 46.3 Å². The molecule has 0 saturated carbocycles. The maximum absolute atomic E-state index is 12.4. The van der Waals surface area contributed by atoms with E-state index in [0.29, 0.717) is 10.6 Å². The van der Waals surface area contributed by atoms with E-state index in [4.69, 9.17) is 11.6 Å². The van der Waals surface area contributed by atoms with Gasteiger partial charge in [0.1, 0.15) is 0 Å². The number of hydrazone groups is 1. The van der Waals surface area contributed by atoms with Crippen LogP contribution in [-0.4, -0.2) is 24.7 Å². The van der Waals surface area contributed by atoms with Gasteiger partial charge >= 0.3 is 0 Å². The number of allylic oxidation sites excluding steroid dienone is 2. The molecule has 0 aromatic heterocycles. The number of aryl methyl sites for hydroxylation is 1. The van der Waals surface area contributed by atoms with Gasteiger partial charge in [-0.1, -0.05) is 27.5 Å². The molecule has 0 unspecified atom stereocenters. The molecule has 1 rings (SSSR count). The van der Waals surface area contributed by atoms with Gasteiger partial charge in [-0.3, -0.25) is 4.79 Å². The second-order valence-corrected chi connectivity index (χ2v) is 5.18. The highest BCUT2D eigenvalue weighted by molar-refractivity contribution is 9.10. The molecule has 0 saturated heterocycles. The van der Waals surface area contributed by atoms with E-state index in [1.54, 1.807) is 31.5 Å². The predicted molar refractivity (Wildman–Crippen MR) is 86.9 cm³/mol. The van der Waals surface area contributed by atoms with Gasteiger partial charge in [0.15, 0.2) is 0 Å². The van der Waals surface area contributed by atoms with E-state index in [-0.39, 0.29) is 5.91 Å². The maximum atomic E-state index is 12.4. The lowest BCUT2D eigenvalue weighted by molar-refractivity contribution is 0.0826. The molecular weight excluding hydrogens is 342 g/mol. The zero-order valence-electron chi connectivity index (χ0n) is 11.2. The number of carbonyl (C=O) groups excluding carboxylic acids is 1. The van der Waals surface area contributed by atoms with Crippen molar-refractivity contribution >= 4 is 40.2 Å². The number of nitrogens with one attached hydrogen (secondary N) is 1. The Bertz CT molecular complexity index is 547. The predicted octanol–water partition coefficient (Wildman–Crippen LogP) is 3.72. The molecule has 0 aliphatic carbocycles. The van der Waals surface area contributed by atoms with Gasteiger partial charge in [-0.05, 0) is 43.0 Å². The maximum Gasteiger partial charge on any atom is 0.279 e. The summed E-state index contributed by atoms with van der Waals surface area (Å²) in [5.74, 6) is -0.330. The van der Waals surface area contributed by atoms with E-state index in [2.05, 4.69) is 33.1 Å². The van der Waals surface area contributed by atoms with Crippen molar-refractivity contribution in [3.63, 3.8) is 0 Å². The molecule has 1 N–H and O–H groups in total. The summed E-state index contributed by atoms with van der Waals surface area (Å²) in [6.07, 6.45) is 6.65. The Kier molecular flexibility index (Phi) is 6.48. The molecular formula is C14H15BrClN3O. The van der Waals surface area contributed by atoms with Crippen LogP contribution in [0.2, 0.25) is 5.02 Å². The lowest BCUT2D eigenvalue weighted by Crippen LogP contribution is -2.21. The first-order chi connectivity index (χ1) is 9.51. The van der Waals surface area contributed by atoms with Crippen molar-refractivity contribution in [2.45, 2.75) is 6.92 Å². The molecule has 0 spiro atoms. The third-order valence-corrected chi connectivity index (χ3v) is 3.18. The Labute approximate surface area is 131 Å². The second kappa shape index (κ2) is 7.87. The summed E-state index contributed by atoms with van der Waals surface area (Å²) in [5.41, 5.74) is 1.17. The van der Waals surface area contributed by atoms with Crippen LogP contribution in [0.3, 0.4) is 0 Å². The van der Waals surface area contributed by atoms with Crippen LogP contribution in [0.4, 0.5) is 0 Å². The molecule has 0 atom stereocenters. The molecule has 6 heteroatoms. The minimum absolute atomic E-state index is 0.330. The van der Waals surface area contributed by atoms with Gasteiger partial charge in [0.2, 0.25) is 0 Å². The number of nitrogens with zero attached hydrogens (tertiary/aromatic N) is 2. The van der Waals surface area contributed by atoms with Gasteiger partial charge in [-0.15, -0.1) is 0 Å². The summed E-state index contributed by atoms with van der Waals surface area (Å²) >= 11 is 9.46. The first-order valence-corrected chi connectivity index (χ1v) is 6.94. The van der Waals surface area contributed by atoms with Gasteiger partial charge in [-0.2, -0.15) is 5.10 Å². The van der Waals surface area contributed by atoms with Crippen molar-refractivity contribution in [2.24, 2.45) is 5.10 Å². The highest BCUT2D eigenvalue weighted by Gasteiger charge is 2.18. The number of halogens is 2. The molecule has 0 fully saturated rings. The Morgan fingerprint density at radius 2 is 2.20 bits per heavy atom. The number of hydrogen-bond donors (Lipinski definition) is 1. The molecule has 0 aliphatic rings. The third kappa shape index (κ3) is 4.21. The van der Waals surface area contributed by atoms with Crippen molar-refractivity contribution in [1.29, 1.82) is 0 Å². The average molecular weight is 357 g/mol. The summed E-state index contributed by atoms with van der Waals surface area (Å²) in [5, 5.41) is 8.04. The Hall–Kier alpha value is -1.59. The first-order valence-electron chi connectivity index (χ1n) is 5.77. The van der Waals surface area contributed by atoms with Crippen molar-refractivity contribution in [2.75, 3.05) is 7.05 Å². The standard InChI is InChI=1S/C14H15BrClN3O/c1-10-8-11(15)9-12(16)13(10)14(20)19(18-3)7-5-4-6-17-2/h4-9,17H,3H2,1-2H3/b6-4-,7-5+. The number of carbonyl (C=O) groups is 1. The summed E-state index contributed by atoms with van der Waals surface area (Å²) in [6, 6.07) is 3.50. The van der Waals surface area contributed by atoms with Gasteiger partial charge in [0, 0.05) is 24.4 Å². The smallest absolute Gasteiger partial charge is 0.279 e. The Balaban J connectivity index is 3.06. The van der Waals surface area contributed by atoms with Crippen molar-refractivity contribution in [3.05, 3.63) is 57.3 Å². The molecule has 106 valence electrons. The fourth-order valence-corrected chi connectivity index (χ4v) is 2.60. The molecule has 0 heterocycles. The molecule has 0 aliphatic heterocycles. The summed E-state index contributed by atoms with van der Waals surface area (Å²) in [7, 11) is 1.78. The number of amides is 1. The SMILES string of the molecule is C=NN(/C=C/C=C\NC)C(=O)c1c(C)cc(Br)cc1Cl. The van der Waals surface area contributed by atoms with Crippen molar-refractivity contribution < 1.29 is 4.79 Å². The summed E-state index contributed by atoms with van der Waals surface area (Å²) in [4.78, 5) is 12.4. The molecule has 1 aromatic carbocycles. The minimum atomic E-state index is -0.330. The number of benzene rings is 1. The zero-order chi connectivity index (χ0) is 15.1. The lowest BCUT2D eigenvalue weighted by Gasteiger charge is -2.14. The topological polar surface area (TPSA) is 44.7 Å². The average Bonchev–Trinajstić information content (AvgIpc) is 2.37. The van der Waals surface area contributed by atoms with E-state index in [9.17, 15) is 4.79 Å². The van der Waals surface area contributed by atoms with Gasteiger partial charge in [0.25, 0.3) is 5.91 Å². The van der Waals surface area contributed by atoms with E-state index in [1.165, 1.54) is 6.20 Å². The van der Waals surface area contributed by atoms with Crippen LogP contribution in [0.1, 0.15) is 15.9 Å². The monoisotopic (exact) mass is 355 g/mol. The van der Waals surface area contributed by atoms with E-state index < -0.39 is 0 Å². The molecule has 0 bridgehead atoms. The van der Waals surface area contributed by atoms with Crippen molar-refractivity contribution in [3.8, 4) is 0 Å². The Morgan fingerprint density at radius 3 is 2.75 bits per heavy atom. The number of rotatable bonds is 5. The third-order valence-electron chi connectivity index (χ3n) is 2.43. The van der Waals surface area contributed by atoms with E-state index in [1.807, 2.05) is 13.0 Å². The first kappa shape index (κ1) is 16.5. The Morgan fingerprint density at radius 1 is 1.50 bits per heavy atom. The van der Waals surface area contributed by atoms with Gasteiger partial charge in [0.05, 0.1) is 10.6 Å². The number of hydrogen-bond acceptors (Lipinski definition) is 3. The fraction of sp³-hybridized carbons (Fsp3) is 0.143. The summed E-state index contributed by atoms with van der Waals surface area (Å²) < 4.78 is 0.821. The van der Waals surface area contributed by atoms with Crippen molar-refractivity contribution in [1.82, 2.24) is 10.3 Å². The second-order valence-electron chi connectivity index (χ2n) is 3.86. The molecule has 4 nitrogen and oxygen atoms in total. The summed E-state index contributed by atoms with van der Waals surface area (Å²) in [6.45, 7) is 5.21. The van der Waals surface area contributed by atoms with Crippen LogP contribution in [0.5, 0.6) is 0 Å². The molecule has 1 amide bonds. The fourth-order valence-electron chi connectivity index (χ4n) is 1.55. The molecule has 20 heavy (non-hydrogen) atoms. The van der Waals surface area contributed by atoms with E-state index in [0.717, 1.165) is 15.0 Å². The van der Waals surface area contributed by atoms with Crippen LogP contribution in [-0.2, 0) is 0 Å². The molecule has 0 radical (unpaired) electrons. The van der Waals surface area contributed by atoms with Gasteiger partial charge < -0.3 is 5.32 Å². The van der Waals surface area contributed by atoms with Crippen LogP contribution in [0, 0.1) is 6.92 Å². The highest BCUT2D eigenvalue weighted by Crippen LogP contribution is 2.26. The normalized spacial score (nSPS) is 11.0. The van der Waals surface area contributed by atoms with Crippen LogP contribution >= 0.6 is 27.5 Å². The quantitative estimate of drug-likeness (QED) is 0.496. The van der Waals surface area contributed by atoms with Crippen LogP contribution < -0.4 is 5.32 Å². The molecule has 1 aromatic rings. The van der Waals surface area contributed by atoms with Gasteiger partial charge in [-0.25, -0.2) is 5.01 Å².